The third-order valence-electron chi connectivity index (χ3n) is 2.76. The van der Waals surface area contributed by atoms with Gasteiger partial charge >= 0.3 is 5.69 Å². The molecule has 7 nitrogen and oxygen atoms in total. The van der Waals surface area contributed by atoms with E-state index in [4.69, 9.17) is 4.74 Å². The molecule has 0 aromatic heterocycles. The number of phenolic OH excluding ortho intramolecular Hbond substituents is 1. The minimum atomic E-state index is -0.723. The first kappa shape index (κ1) is 14.3. The van der Waals surface area contributed by atoms with Crippen molar-refractivity contribution < 1.29 is 19.6 Å². The van der Waals surface area contributed by atoms with E-state index in [2.05, 4.69) is 5.32 Å². The number of ether oxygens (including phenoxy) is 1. The van der Waals surface area contributed by atoms with E-state index >= 15 is 0 Å². The number of anilines is 1. The maximum absolute atomic E-state index is 12.0. The predicted molar refractivity (Wildman–Crippen MR) is 75.7 cm³/mol. The van der Waals surface area contributed by atoms with Crippen molar-refractivity contribution in [3.63, 3.8) is 0 Å². The zero-order valence-corrected chi connectivity index (χ0v) is 11.1. The van der Waals surface area contributed by atoms with Gasteiger partial charge in [0.05, 0.1) is 12.0 Å². The Morgan fingerprint density at radius 1 is 1.29 bits per heavy atom. The summed E-state index contributed by atoms with van der Waals surface area (Å²) in [5, 5.41) is 22.7. The van der Waals surface area contributed by atoms with Gasteiger partial charge < -0.3 is 15.2 Å². The number of rotatable bonds is 4. The molecule has 0 spiro atoms. The van der Waals surface area contributed by atoms with Gasteiger partial charge in [-0.15, -0.1) is 0 Å². The van der Waals surface area contributed by atoms with Gasteiger partial charge in [-0.1, -0.05) is 6.07 Å². The van der Waals surface area contributed by atoms with Gasteiger partial charge in [-0.25, -0.2) is 0 Å². The number of carbonyl (C=O) groups is 1. The molecule has 0 fully saturated rings. The smallest absolute Gasteiger partial charge is 0.310 e. The Labute approximate surface area is 119 Å². The highest BCUT2D eigenvalue weighted by Gasteiger charge is 2.16. The highest BCUT2D eigenvalue weighted by molar-refractivity contribution is 6.04. The quantitative estimate of drug-likeness (QED) is 0.665. The van der Waals surface area contributed by atoms with Crippen LogP contribution in [0.15, 0.2) is 42.5 Å². The summed E-state index contributed by atoms with van der Waals surface area (Å²) in [6, 6.07) is 10.1. The molecule has 2 aromatic rings. The van der Waals surface area contributed by atoms with Crippen molar-refractivity contribution in [3.05, 3.63) is 58.1 Å². The second-order valence-electron chi connectivity index (χ2n) is 4.15. The lowest BCUT2D eigenvalue weighted by Crippen LogP contribution is -2.11. The molecule has 0 aliphatic carbocycles. The summed E-state index contributed by atoms with van der Waals surface area (Å²) in [6.45, 7) is 0. The normalized spacial score (nSPS) is 9.95. The number of amides is 1. The summed E-state index contributed by atoms with van der Waals surface area (Å²) in [6.07, 6.45) is 0. The van der Waals surface area contributed by atoms with Gasteiger partial charge in [0.1, 0.15) is 5.75 Å². The lowest BCUT2D eigenvalue weighted by Gasteiger charge is -2.07. The summed E-state index contributed by atoms with van der Waals surface area (Å²) in [7, 11) is 1.51. The molecular weight excluding hydrogens is 276 g/mol. The van der Waals surface area contributed by atoms with Crippen LogP contribution in [0.4, 0.5) is 11.4 Å². The number of hydrogen-bond acceptors (Lipinski definition) is 5. The van der Waals surface area contributed by atoms with Crippen molar-refractivity contribution in [2.24, 2.45) is 0 Å². The molecule has 108 valence electrons. The summed E-state index contributed by atoms with van der Waals surface area (Å²) in [5.74, 6) is -0.467. The van der Waals surface area contributed by atoms with Crippen molar-refractivity contribution in [2.45, 2.75) is 0 Å². The lowest BCUT2D eigenvalue weighted by molar-refractivity contribution is -0.385. The molecule has 2 rings (SSSR count). The Balaban J connectivity index is 2.20. The van der Waals surface area contributed by atoms with Gasteiger partial charge in [0, 0.05) is 23.4 Å². The number of benzene rings is 2. The number of nitrogens with zero attached hydrogens (tertiary/aromatic N) is 1. The van der Waals surface area contributed by atoms with E-state index in [0.717, 1.165) is 12.1 Å². The van der Waals surface area contributed by atoms with Gasteiger partial charge in [0.2, 0.25) is 0 Å². The fraction of sp³-hybridized carbons (Fsp3) is 0.0714. The first-order valence-electron chi connectivity index (χ1n) is 5.94. The number of nitrogens with one attached hydrogen (secondary N) is 1. The Morgan fingerprint density at radius 3 is 2.67 bits per heavy atom. The van der Waals surface area contributed by atoms with Gasteiger partial charge in [0.15, 0.2) is 5.75 Å². The standard InChI is InChI=1S/C14H12N2O5/c1-21-11-4-2-3-10(8-11)15-14(18)9-5-6-12(16(19)20)13(17)7-9/h2-8,17H,1H3,(H,15,18). The second-order valence-corrected chi connectivity index (χ2v) is 4.15. The van der Waals surface area contributed by atoms with Crippen LogP contribution in [0.2, 0.25) is 0 Å². The van der Waals surface area contributed by atoms with Crippen molar-refractivity contribution in [3.8, 4) is 11.5 Å². The average Bonchev–Trinajstić information content (AvgIpc) is 2.46. The molecule has 0 saturated carbocycles. The fourth-order valence-electron chi connectivity index (χ4n) is 1.72. The van der Waals surface area contributed by atoms with E-state index in [9.17, 15) is 20.0 Å². The molecule has 0 unspecified atom stereocenters. The molecule has 0 saturated heterocycles. The first-order chi connectivity index (χ1) is 10.0. The van der Waals surface area contributed by atoms with E-state index in [0.29, 0.717) is 11.4 Å². The molecule has 7 heteroatoms. The summed E-state index contributed by atoms with van der Waals surface area (Å²) in [5.41, 5.74) is 0.172. The maximum atomic E-state index is 12.0. The molecule has 0 aliphatic heterocycles. The van der Waals surface area contributed by atoms with E-state index in [-0.39, 0.29) is 5.56 Å². The Hall–Kier alpha value is -3.09. The highest BCUT2D eigenvalue weighted by Crippen LogP contribution is 2.26. The van der Waals surface area contributed by atoms with Crippen LogP contribution in [0.1, 0.15) is 10.4 Å². The molecule has 2 N–H and O–H groups in total. The van der Waals surface area contributed by atoms with Gasteiger partial charge in [0.25, 0.3) is 5.91 Å². The third-order valence-corrected chi connectivity index (χ3v) is 2.76. The topological polar surface area (TPSA) is 102 Å². The van der Waals surface area contributed by atoms with E-state index in [1.54, 1.807) is 24.3 Å². The van der Waals surface area contributed by atoms with Crippen LogP contribution in [0, 0.1) is 10.1 Å². The minimum absolute atomic E-state index is 0.112. The Bertz CT molecular complexity index is 700. The van der Waals surface area contributed by atoms with Crippen molar-refractivity contribution in [1.29, 1.82) is 0 Å². The predicted octanol–water partition coefficient (Wildman–Crippen LogP) is 2.56. The minimum Gasteiger partial charge on any atom is -0.502 e. The largest absolute Gasteiger partial charge is 0.502 e. The van der Waals surface area contributed by atoms with Gasteiger partial charge in [-0.05, 0) is 24.3 Å². The van der Waals surface area contributed by atoms with Crippen LogP contribution in [-0.4, -0.2) is 23.0 Å². The monoisotopic (exact) mass is 288 g/mol. The van der Waals surface area contributed by atoms with E-state index in [1.807, 2.05) is 0 Å². The summed E-state index contributed by atoms with van der Waals surface area (Å²) >= 11 is 0. The zero-order valence-electron chi connectivity index (χ0n) is 11.1. The Kier molecular flexibility index (Phi) is 4.03. The number of nitro benzene ring substituents is 1. The van der Waals surface area contributed by atoms with E-state index < -0.39 is 22.3 Å². The summed E-state index contributed by atoms with van der Waals surface area (Å²) < 4.78 is 5.04. The number of hydrogen-bond donors (Lipinski definition) is 2. The third kappa shape index (κ3) is 3.27. The number of nitro groups is 1. The average molecular weight is 288 g/mol. The molecule has 0 atom stereocenters. The van der Waals surface area contributed by atoms with E-state index in [1.165, 1.54) is 13.2 Å². The highest BCUT2D eigenvalue weighted by atomic mass is 16.6. The van der Waals surface area contributed by atoms with Crippen molar-refractivity contribution >= 4 is 17.3 Å². The van der Waals surface area contributed by atoms with Gasteiger partial charge in [-0.2, -0.15) is 0 Å². The van der Waals surface area contributed by atoms with Crippen LogP contribution in [0.5, 0.6) is 11.5 Å². The van der Waals surface area contributed by atoms with Crippen LogP contribution in [-0.2, 0) is 0 Å². The lowest BCUT2D eigenvalue weighted by atomic mass is 10.1. The SMILES string of the molecule is COc1cccc(NC(=O)c2ccc([N+](=O)[O-])c(O)c2)c1. The maximum Gasteiger partial charge on any atom is 0.310 e. The molecule has 0 bridgehead atoms. The van der Waals surface area contributed by atoms with Crippen molar-refractivity contribution in [2.75, 3.05) is 12.4 Å². The molecular formula is C14H12N2O5. The van der Waals surface area contributed by atoms with Crippen LogP contribution in [0.25, 0.3) is 0 Å². The number of carbonyl (C=O) groups excluding carboxylic acids is 1. The fourth-order valence-corrected chi connectivity index (χ4v) is 1.72. The van der Waals surface area contributed by atoms with Gasteiger partial charge in [-0.3, -0.25) is 14.9 Å². The summed E-state index contributed by atoms with van der Waals surface area (Å²) in [4.78, 5) is 21.9. The van der Waals surface area contributed by atoms with Crippen molar-refractivity contribution in [1.82, 2.24) is 0 Å². The number of methoxy groups -OCH3 is 1. The molecule has 2 aromatic carbocycles. The molecule has 0 aliphatic rings. The van der Waals surface area contributed by atoms with Crippen LogP contribution in [0.3, 0.4) is 0 Å². The molecule has 0 heterocycles. The Morgan fingerprint density at radius 2 is 2.05 bits per heavy atom. The van der Waals surface area contributed by atoms with Crippen LogP contribution >= 0.6 is 0 Å². The second kappa shape index (κ2) is 5.91. The first-order valence-corrected chi connectivity index (χ1v) is 5.94. The number of aromatic hydroxyl groups is 1. The van der Waals surface area contributed by atoms with Crippen LogP contribution < -0.4 is 10.1 Å². The molecule has 21 heavy (non-hydrogen) atoms. The zero-order chi connectivity index (χ0) is 15.4. The number of phenols is 1. The molecule has 0 radical (unpaired) electrons. The molecule has 1 amide bonds.